The lowest BCUT2D eigenvalue weighted by Crippen LogP contribution is -2.12. The van der Waals surface area contributed by atoms with Crippen molar-refractivity contribution >= 4 is 21.7 Å². The van der Waals surface area contributed by atoms with Crippen LogP contribution in [-0.4, -0.2) is 19.5 Å². The quantitative estimate of drug-likeness (QED) is 0.776. The Bertz CT molecular complexity index is 611. The SMILES string of the molecule is COc1cc(F)ccc1OCC(=O)c1ccc(Br)cc1. The van der Waals surface area contributed by atoms with Crippen LogP contribution in [0.1, 0.15) is 10.4 Å². The fourth-order valence-electron chi connectivity index (χ4n) is 1.62. The van der Waals surface area contributed by atoms with Crippen molar-refractivity contribution in [1.29, 1.82) is 0 Å². The van der Waals surface area contributed by atoms with Gasteiger partial charge in [0.25, 0.3) is 0 Å². The first kappa shape index (κ1) is 14.5. The van der Waals surface area contributed by atoms with Crippen LogP contribution in [0.4, 0.5) is 4.39 Å². The molecule has 0 aliphatic carbocycles. The lowest BCUT2D eigenvalue weighted by atomic mass is 10.1. The zero-order valence-electron chi connectivity index (χ0n) is 10.7. The van der Waals surface area contributed by atoms with E-state index in [0.717, 1.165) is 4.47 Å². The van der Waals surface area contributed by atoms with Crippen LogP contribution in [-0.2, 0) is 0 Å². The molecule has 2 rings (SSSR count). The molecule has 0 amide bonds. The van der Waals surface area contributed by atoms with Gasteiger partial charge >= 0.3 is 0 Å². The average molecular weight is 339 g/mol. The first-order valence-electron chi connectivity index (χ1n) is 5.85. The van der Waals surface area contributed by atoms with E-state index >= 15 is 0 Å². The van der Waals surface area contributed by atoms with Gasteiger partial charge in [-0.2, -0.15) is 0 Å². The fourth-order valence-corrected chi connectivity index (χ4v) is 1.89. The Labute approximate surface area is 124 Å². The van der Waals surface area contributed by atoms with Gasteiger partial charge in [-0.15, -0.1) is 0 Å². The molecule has 0 saturated carbocycles. The van der Waals surface area contributed by atoms with E-state index < -0.39 is 5.82 Å². The van der Waals surface area contributed by atoms with E-state index in [1.807, 2.05) is 0 Å². The van der Waals surface area contributed by atoms with Gasteiger partial charge < -0.3 is 9.47 Å². The lowest BCUT2D eigenvalue weighted by molar-refractivity contribution is 0.0919. The molecule has 0 unspecified atom stereocenters. The fraction of sp³-hybridized carbons (Fsp3) is 0.133. The molecule has 0 aliphatic rings. The first-order chi connectivity index (χ1) is 9.60. The maximum absolute atomic E-state index is 13.0. The van der Waals surface area contributed by atoms with Gasteiger partial charge in [-0.05, 0) is 24.3 Å². The molecule has 20 heavy (non-hydrogen) atoms. The summed E-state index contributed by atoms with van der Waals surface area (Å²) in [5.74, 6) is 0.00489. The predicted molar refractivity (Wildman–Crippen MR) is 76.9 cm³/mol. The molecule has 0 aliphatic heterocycles. The maximum atomic E-state index is 13.0. The van der Waals surface area contributed by atoms with E-state index in [0.29, 0.717) is 11.3 Å². The van der Waals surface area contributed by atoms with E-state index in [1.165, 1.54) is 25.3 Å². The summed E-state index contributed by atoms with van der Waals surface area (Å²) < 4.78 is 24.3. The largest absolute Gasteiger partial charge is 0.493 e. The first-order valence-corrected chi connectivity index (χ1v) is 6.64. The molecular formula is C15H12BrFO3. The zero-order chi connectivity index (χ0) is 14.5. The van der Waals surface area contributed by atoms with Gasteiger partial charge in [-0.3, -0.25) is 4.79 Å². The number of halogens is 2. The van der Waals surface area contributed by atoms with Crippen LogP contribution >= 0.6 is 15.9 Å². The van der Waals surface area contributed by atoms with E-state index in [-0.39, 0.29) is 18.1 Å². The number of hydrogen-bond acceptors (Lipinski definition) is 3. The third-order valence-corrected chi connectivity index (χ3v) is 3.18. The number of carbonyl (C=O) groups is 1. The van der Waals surface area contributed by atoms with Crippen molar-refractivity contribution in [2.75, 3.05) is 13.7 Å². The second-order valence-corrected chi connectivity index (χ2v) is 4.93. The summed E-state index contributed by atoms with van der Waals surface area (Å²) in [6.45, 7) is -0.135. The monoisotopic (exact) mass is 338 g/mol. The van der Waals surface area contributed by atoms with Gasteiger partial charge in [0, 0.05) is 16.1 Å². The minimum atomic E-state index is -0.423. The lowest BCUT2D eigenvalue weighted by Gasteiger charge is -2.10. The molecule has 0 atom stereocenters. The summed E-state index contributed by atoms with van der Waals surface area (Å²) in [5, 5.41) is 0. The van der Waals surface area contributed by atoms with Crippen LogP contribution in [0.25, 0.3) is 0 Å². The van der Waals surface area contributed by atoms with Crippen LogP contribution in [0.5, 0.6) is 11.5 Å². The number of benzene rings is 2. The Morgan fingerprint density at radius 2 is 1.85 bits per heavy atom. The van der Waals surface area contributed by atoms with Crippen LogP contribution in [0.15, 0.2) is 46.9 Å². The summed E-state index contributed by atoms with van der Waals surface area (Å²) in [7, 11) is 1.41. The van der Waals surface area contributed by atoms with Crippen molar-refractivity contribution in [3.05, 3.63) is 58.3 Å². The van der Waals surface area contributed by atoms with Crippen LogP contribution < -0.4 is 9.47 Å². The summed E-state index contributed by atoms with van der Waals surface area (Å²) in [5.41, 5.74) is 0.550. The molecule has 3 nitrogen and oxygen atoms in total. The normalized spacial score (nSPS) is 10.2. The highest BCUT2D eigenvalue weighted by atomic mass is 79.9. The molecule has 0 bridgehead atoms. The summed E-state index contributed by atoms with van der Waals surface area (Å²) >= 11 is 3.30. The molecule has 0 aromatic heterocycles. The van der Waals surface area contributed by atoms with Gasteiger partial charge in [-0.1, -0.05) is 28.1 Å². The number of ether oxygens (including phenoxy) is 2. The van der Waals surface area contributed by atoms with Gasteiger partial charge in [0.2, 0.25) is 0 Å². The van der Waals surface area contributed by atoms with Gasteiger partial charge in [0.15, 0.2) is 23.9 Å². The molecule has 0 saturated heterocycles. The van der Waals surface area contributed by atoms with E-state index in [2.05, 4.69) is 15.9 Å². The number of rotatable bonds is 5. The summed E-state index contributed by atoms with van der Waals surface area (Å²) in [4.78, 5) is 11.9. The summed E-state index contributed by atoms with van der Waals surface area (Å²) in [6, 6.07) is 10.9. The maximum Gasteiger partial charge on any atom is 0.200 e. The highest BCUT2D eigenvalue weighted by Gasteiger charge is 2.10. The summed E-state index contributed by atoms with van der Waals surface area (Å²) in [6.07, 6.45) is 0. The molecule has 0 spiro atoms. The van der Waals surface area contributed by atoms with Gasteiger partial charge in [-0.25, -0.2) is 4.39 Å². The third kappa shape index (κ3) is 3.57. The Balaban J connectivity index is 2.05. The molecule has 2 aromatic carbocycles. The minimum absolute atomic E-state index is 0.135. The average Bonchev–Trinajstić information content (AvgIpc) is 2.46. The molecule has 104 valence electrons. The predicted octanol–water partition coefficient (Wildman–Crippen LogP) is 3.86. The highest BCUT2D eigenvalue weighted by Crippen LogP contribution is 2.27. The van der Waals surface area contributed by atoms with E-state index in [9.17, 15) is 9.18 Å². The molecule has 0 radical (unpaired) electrons. The zero-order valence-corrected chi connectivity index (χ0v) is 12.3. The molecular weight excluding hydrogens is 327 g/mol. The molecule has 0 heterocycles. The third-order valence-electron chi connectivity index (χ3n) is 2.65. The van der Waals surface area contributed by atoms with Crippen LogP contribution in [0, 0.1) is 5.82 Å². The van der Waals surface area contributed by atoms with Gasteiger partial charge in [0.1, 0.15) is 5.82 Å². The topological polar surface area (TPSA) is 35.5 Å². The Morgan fingerprint density at radius 1 is 1.15 bits per heavy atom. The number of hydrogen-bond donors (Lipinski definition) is 0. The van der Waals surface area contributed by atoms with Crippen molar-refractivity contribution in [2.45, 2.75) is 0 Å². The van der Waals surface area contributed by atoms with Crippen molar-refractivity contribution in [3.8, 4) is 11.5 Å². The highest BCUT2D eigenvalue weighted by molar-refractivity contribution is 9.10. The van der Waals surface area contributed by atoms with Gasteiger partial charge in [0.05, 0.1) is 7.11 Å². The van der Waals surface area contributed by atoms with Crippen molar-refractivity contribution in [3.63, 3.8) is 0 Å². The number of Topliss-reactive ketones (excluding diaryl/α,β-unsaturated/α-hetero) is 1. The minimum Gasteiger partial charge on any atom is -0.493 e. The van der Waals surface area contributed by atoms with Crippen LogP contribution in [0.2, 0.25) is 0 Å². The van der Waals surface area contributed by atoms with Crippen molar-refractivity contribution < 1.29 is 18.7 Å². The smallest absolute Gasteiger partial charge is 0.200 e. The standard InChI is InChI=1S/C15H12BrFO3/c1-19-15-8-12(17)6-7-14(15)20-9-13(18)10-2-4-11(16)5-3-10/h2-8H,9H2,1H3. The van der Waals surface area contributed by atoms with E-state index in [1.54, 1.807) is 24.3 Å². The van der Waals surface area contributed by atoms with Crippen LogP contribution in [0.3, 0.4) is 0 Å². The number of carbonyl (C=O) groups excluding carboxylic acids is 1. The second kappa shape index (κ2) is 6.52. The number of ketones is 1. The Hall–Kier alpha value is -1.88. The second-order valence-electron chi connectivity index (χ2n) is 4.01. The van der Waals surface area contributed by atoms with Crippen molar-refractivity contribution in [2.24, 2.45) is 0 Å². The molecule has 5 heteroatoms. The molecule has 2 aromatic rings. The Kier molecular flexibility index (Phi) is 4.74. The molecule has 0 N–H and O–H groups in total. The number of methoxy groups -OCH3 is 1. The molecule has 0 fully saturated rings. The van der Waals surface area contributed by atoms with Crippen molar-refractivity contribution in [1.82, 2.24) is 0 Å². The van der Waals surface area contributed by atoms with E-state index in [4.69, 9.17) is 9.47 Å². The Morgan fingerprint density at radius 3 is 2.50 bits per heavy atom.